The highest BCUT2D eigenvalue weighted by atomic mass is 32.2. The first-order valence-corrected chi connectivity index (χ1v) is 6.66. The van der Waals surface area contributed by atoms with Crippen molar-refractivity contribution in [1.82, 2.24) is 5.32 Å². The van der Waals surface area contributed by atoms with Crippen LogP contribution in [0.1, 0.15) is 40.0 Å². The summed E-state index contributed by atoms with van der Waals surface area (Å²) in [6.07, 6.45) is 3.94. The first-order chi connectivity index (χ1) is 6.26. The molecule has 0 aliphatic carbocycles. The third-order valence-corrected chi connectivity index (χ3v) is 3.74. The van der Waals surface area contributed by atoms with E-state index in [-0.39, 0.29) is 0 Å². The van der Waals surface area contributed by atoms with E-state index in [9.17, 15) is 0 Å². The SMILES string of the molecule is CCCSCC(NC)C(C)CCC. The highest BCUT2D eigenvalue weighted by Crippen LogP contribution is 2.15. The van der Waals surface area contributed by atoms with Crippen molar-refractivity contribution < 1.29 is 0 Å². The molecule has 0 heterocycles. The smallest absolute Gasteiger partial charge is 0.0180 e. The molecule has 0 saturated heterocycles. The zero-order chi connectivity index (χ0) is 10.1. The van der Waals surface area contributed by atoms with Gasteiger partial charge in [0.1, 0.15) is 0 Å². The fraction of sp³-hybridized carbons (Fsp3) is 1.00. The quantitative estimate of drug-likeness (QED) is 0.608. The van der Waals surface area contributed by atoms with Crippen LogP contribution < -0.4 is 5.32 Å². The molecule has 0 radical (unpaired) electrons. The standard InChI is InChI=1S/C11H25NS/c1-5-7-10(3)11(12-4)9-13-8-6-2/h10-12H,5-9H2,1-4H3. The Kier molecular flexibility index (Phi) is 9.10. The second-order valence-electron chi connectivity index (χ2n) is 3.74. The van der Waals surface area contributed by atoms with E-state index in [1.54, 1.807) is 0 Å². The van der Waals surface area contributed by atoms with E-state index in [0.29, 0.717) is 6.04 Å². The Labute approximate surface area is 88.1 Å². The number of hydrogen-bond acceptors (Lipinski definition) is 2. The topological polar surface area (TPSA) is 12.0 Å². The third kappa shape index (κ3) is 6.39. The van der Waals surface area contributed by atoms with Gasteiger partial charge in [-0.2, -0.15) is 11.8 Å². The largest absolute Gasteiger partial charge is 0.316 e. The van der Waals surface area contributed by atoms with E-state index in [0.717, 1.165) is 5.92 Å². The molecule has 0 amide bonds. The molecular weight excluding hydrogens is 178 g/mol. The first kappa shape index (κ1) is 13.3. The fourth-order valence-corrected chi connectivity index (χ4v) is 2.75. The van der Waals surface area contributed by atoms with E-state index >= 15 is 0 Å². The maximum atomic E-state index is 3.42. The monoisotopic (exact) mass is 203 g/mol. The van der Waals surface area contributed by atoms with Crippen LogP contribution >= 0.6 is 11.8 Å². The summed E-state index contributed by atoms with van der Waals surface area (Å²) in [6.45, 7) is 6.87. The van der Waals surface area contributed by atoms with Gasteiger partial charge in [-0.1, -0.05) is 27.2 Å². The van der Waals surface area contributed by atoms with Gasteiger partial charge in [-0.15, -0.1) is 0 Å². The summed E-state index contributed by atoms with van der Waals surface area (Å²) in [6, 6.07) is 0.705. The van der Waals surface area contributed by atoms with E-state index in [1.807, 2.05) is 0 Å². The molecule has 0 saturated carbocycles. The van der Waals surface area contributed by atoms with Crippen molar-refractivity contribution >= 4 is 11.8 Å². The van der Waals surface area contributed by atoms with Gasteiger partial charge >= 0.3 is 0 Å². The van der Waals surface area contributed by atoms with Crippen molar-refractivity contribution in [1.29, 1.82) is 0 Å². The van der Waals surface area contributed by atoms with Crippen LogP contribution in [-0.4, -0.2) is 24.6 Å². The van der Waals surface area contributed by atoms with Crippen LogP contribution in [0.5, 0.6) is 0 Å². The van der Waals surface area contributed by atoms with Crippen molar-refractivity contribution in [3.63, 3.8) is 0 Å². The van der Waals surface area contributed by atoms with Gasteiger partial charge in [-0.05, 0) is 31.6 Å². The summed E-state index contributed by atoms with van der Waals surface area (Å²) in [5, 5.41) is 3.42. The Balaban J connectivity index is 3.60. The minimum Gasteiger partial charge on any atom is -0.316 e. The summed E-state index contributed by atoms with van der Waals surface area (Å²) in [4.78, 5) is 0. The van der Waals surface area contributed by atoms with E-state index in [2.05, 4.69) is 44.9 Å². The van der Waals surface area contributed by atoms with Gasteiger partial charge in [0.25, 0.3) is 0 Å². The lowest BCUT2D eigenvalue weighted by molar-refractivity contribution is 0.403. The lowest BCUT2D eigenvalue weighted by Gasteiger charge is -2.22. The molecular formula is C11H25NS. The minimum atomic E-state index is 0.705. The Hall–Kier alpha value is 0.310. The summed E-state index contributed by atoms with van der Waals surface area (Å²) in [5.41, 5.74) is 0. The first-order valence-electron chi connectivity index (χ1n) is 5.51. The average molecular weight is 203 g/mol. The van der Waals surface area contributed by atoms with Crippen LogP contribution in [0.25, 0.3) is 0 Å². The molecule has 0 aliphatic rings. The number of rotatable bonds is 8. The van der Waals surface area contributed by atoms with Crippen LogP contribution in [0.2, 0.25) is 0 Å². The van der Waals surface area contributed by atoms with E-state index < -0.39 is 0 Å². The number of thioether (sulfide) groups is 1. The minimum absolute atomic E-state index is 0.705. The van der Waals surface area contributed by atoms with Crippen molar-refractivity contribution in [3.8, 4) is 0 Å². The van der Waals surface area contributed by atoms with Crippen LogP contribution in [0.4, 0.5) is 0 Å². The molecule has 0 spiro atoms. The average Bonchev–Trinajstić information content (AvgIpc) is 2.13. The van der Waals surface area contributed by atoms with Gasteiger partial charge in [-0.3, -0.25) is 0 Å². The zero-order valence-corrected chi connectivity index (χ0v) is 10.4. The number of hydrogen-bond donors (Lipinski definition) is 1. The summed E-state index contributed by atoms with van der Waals surface area (Å²) in [5.74, 6) is 3.39. The molecule has 0 aliphatic heterocycles. The Bertz CT molecular complexity index is 106. The van der Waals surface area contributed by atoms with Gasteiger partial charge in [0.15, 0.2) is 0 Å². The predicted molar refractivity (Wildman–Crippen MR) is 64.5 cm³/mol. The molecule has 1 N–H and O–H groups in total. The molecule has 0 fully saturated rings. The van der Waals surface area contributed by atoms with E-state index in [4.69, 9.17) is 0 Å². The van der Waals surface area contributed by atoms with Crippen LogP contribution in [0.3, 0.4) is 0 Å². The third-order valence-electron chi connectivity index (χ3n) is 2.45. The Morgan fingerprint density at radius 2 is 1.92 bits per heavy atom. The van der Waals surface area contributed by atoms with Gasteiger partial charge in [0.2, 0.25) is 0 Å². The van der Waals surface area contributed by atoms with Gasteiger partial charge in [-0.25, -0.2) is 0 Å². The van der Waals surface area contributed by atoms with Gasteiger partial charge in [0.05, 0.1) is 0 Å². The van der Waals surface area contributed by atoms with Crippen molar-refractivity contribution in [3.05, 3.63) is 0 Å². The summed E-state index contributed by atoms with van der Waals surface area (Å²) in [7, 11) is 2.09. The van der Waals surface area contributed by atoms with Crippen LogP contribution in [0.15, 0.2) is 0 Å². The maximum absolute atomic E-state index is 3.42. The summed E-state index contributed by atoms with van der Waals surface area (Å²) >= 11 is 2.08. The molecule has 80 valence electrons. The second-order valence-corrected chi connectivity index (χ2v) is 4.89. The molecule has 13 heavy (non-hydrogen) atoms. The normalized spacial score (nSPS) is 15.7. The van der Waals surface area contributed by atoms with Gasteiger partial charge in [0, 0.05) is 11.8 Å². The molecule has 0 rings (SSSR count). The lowest BCUT2D eigenvalue weighted by atomic mass is 9.98. The molecule has 2 heteroatoms. The molecule has 1 nitrogen and oxygen atoms in total. The van der Waals surface area contributed by atoms with E-state index in [1.165, 1.54) is 30.8 Å². The highest BCUT2D eigenvalue weighted by molar-refractivity contribution is 7.99. The molecule has 2 unspecified atom stereocenters. The van der Waals surface area contributed by atoms with Crippen LogP contribution in [0, 0.1) is 5.92 Å². The molecule has 0 aromatic rings. The van der Waals surface area contributed by atoms with Crippen molar-refractivity contribution in [2.45, 2.75) is 46.1 Å². The maximum Gasteiger partial charge on any atom is 0.0180 e. The van der Waals surface area contributed by atoms with Crippen molar-refractivity contribution in [2.75, 3.05) is 18.6 Å². The van der Waals surface area contributed by atoms with Crippen LogP contribution in [-0.2, 0) is 0 Å². The summed E-state index contributed by atoms with van der Waals surface area (Å²) < 4.78 is 0. The second kappa shape index (κ2) is 8.89. The van der Waals surface area contributed by atoms with Crippen molar-refractivity contribution in [2.24, 2.45) is 5.92 Å². The fourth-order valence-electron chi connectivity index (χ4n) is 1.54. The zero-order valence-electron chi connectivity index (χ0n) is 9.60. The highest BCUT2D eigenvalue weighted by Gasteiger charge is 2.13. The molecule has 0 bridgehead atoms. The Morgan fingerprint density at radius 3 is 2.38 bits per heavy atom. The predicted octanol–water partition coefficient (Wildman–Crippen LogP) is 3.15. The molecule has 0 aromatic carbocycles. The Morgan fingerprint density at radius 1 is 1.23 bits per heavy atom. The molecule has 0 aromatic heterocycles. The van der Waals surface area contributed by atoms with Gasteiger partial charge < -0.3 is 5.32 Å². The molecule has 2 atom stereocenters. The lowest BCUT2D eigenvalue weighted by Crippen LogP contribution is -2.34. The number of nitrogens with one attached hydrogen (secondary N) is 1.